The molecule has 0 saturated carbocycles. The molecule has 1 unspecified atom stereocenters. The smallest absolute Gasteiger partial charge is 0.0588 e. The molecular weight excluding hydrogens is 378 g/mol. The fourth-order valence-electron chi connectivity index (χ4n) is 4.83. The number of rotatable bonds is 7. The minimum absolute atomic E-state index is 0.118. The number of aliphatic hydroxyl groups excluding tert-OH is 1. The van der Waals surface area contributed by atoms with Gasteiger partial charge >= 0.3 is 0 Å². The molecule has 4 aromatic rings. The van der Waals surface area contributed by atoms with Crippen LogP contribution in [-0.4, -0.2) is 15.8 Å². The van der Waals surface area contributed by atoms with Gasteiger partial charge in [-0.15, -0.1) is 0 Å². The van der Waals surface area contributed by atoms with Crippen LogP contribution < -0.4 is 0 Å². The topological polar surface area (TPSA) is 25.2 Å². The molecule has 0 aliphatic rings. The first-order chi connectivity index (χ1) is 14.8. The van der Waals surface area contributed by atoms with E-state index in [0.29, 0.717) is 12.8 Å². The van der Waals surface area contributed by atoms with E-state index >= 15 is 0 Å². The monoisotopic (exact) mass is 411 g/mol. The standard InChI is InChI=1S/C29H33NO/c1-6-30-27-13-8-7-12-25(27)26-17-21(14-15-28(26)30)16-24(31)19-29(4,5)23-11-9-10-22(18-23)20(2)3/h7-15,17-18,24,31H,2,6,16,19H2,1,3-5H3. The molecule has 0 spiro atoms. The summed E-state index contributed by atoms with van der Waals surface area (Å²) in [7, 11) is 0. The van der Waals surface area contributed by atoms with Crippen molar-refractivity contribution in [1.29, 1.82) is 0 Å². The summed E-state index contributed by atoms with van der Waals surface area (Å²) in [6.07, 6.45) is 0.965. The first-order valence-corrected chi connectivity index (χ1v) is 11.2. The van der Waals surface area contributed by atoms with Gasteiger partial charge in [0.2, 0.25) is 0 Å². The van der Waals surface area contributed by atoms with Crippen LogP contribution in [-0.2, 0) is 18.4 Å². The summed E-state index contributed by atoms with van der Waals surface area (Å²) < 4.78 is 2.36. The van der Waals surface area contributed by atoms with Gasteiger partial charge in [0.15, 0.2) is 0 Å². The Balaban J connectivity index is 1.58. The molecule has 3 aromatic carbocycles. The van der Waals surface area contributed by atoms with E-state index in [1.807, 2.05) is 6.92 Å². The Bertz CT molecular complexity index is 1240. The van der Waals surface area contributed by atoms with Gasteiger partial charge < -0.3 is 9.67 Å². The first-order valence-electron chi connectivity index (χ1n) is 11.2. The van der Waals surface area contributed by atoms with Crippen LogP contribution in [0.5, 0.6) is 0 Å². The average molecular weight is 412 g/mol. The van der Waals surface area contributed by atoms with Crippen LogP contribution in [0.25, 0.3) is 27.4 Å². The van der Waals surface area contributed by atoms with Gasteiger partial charge in [-0.25, -0.2) is 0 Å². The maximum absolute atomic E-state index is 11.0. The summed E-state index contributed by atoms with van der Waals surface area (Å²) in [4.78, 5) is 0. The van der Waals surface area contributed by atoms with Crippen LogP contribution in [0.4, 0.5) is 0 Å². The van der Waals surface area contributed by atoms with Crippen molar-refractivity contribution in [1.82, 2.24) is 4.57 Å². The van der Waals surface area contributed by atoms with Crippen LogP contribution >= 0.6 is 0 Å². The minimum Gasteiger partial charge on any atom is -0.393 e. The highest BCUT2D eigenvalue weighted by Crippen LogP contribution is 2.33. The summed E-state index contributed by atoms with van der Waals surface area (Å²) in [6, 6.07) is 23.8. The second kappa shape index (κ2) is 8.36. The van der Waals surface area contributed by atoms with Gasteiger partial charge in [0.25, 0.3) is 0 Å². The summed E-state index contributed by atoms with van der Waals surface area (Å²) >= 11 is 0. The zero-order valence-electron chi connectivity index (χ0n) is 19.2. The van der Waals surface area contributed by atoms with Crippen molar-refractivity contribution in [2.24, 2.45) is 0 Å². The number of aryl methyl sites for hydroxylation is 1. The molecule has 0 aliphatic heterocycles. The van der Waals surface area contributed by atoms with Crippen molar-refractivity contribution >= 4 is 27.4 Å². The van der Waals surface area contributed by atoms with Crippen molar-refractivity contribution in [3.8, 4) is 0 Å². The quantitative estimate of drug-likeness (QED) is 0.344. The number of benzene rings is 3. The van der Waals surface area contributed by atoms with Crippen molar-refractivity contribution in [3.05, 3.63) is 90.0 Å². The van der Waals surface area contributed by atoms with Gasteiger partial charge in [-0.05, 0) is 67.0 Å². The average Bonchev–Trinajstić information content (AvgIpc) is 3.06. The summed E-state index contributed by atoms with van der Waals surface area (Å²) in [5.41, 5.74) is 7.08. The minimum atomic E-state index is -0.402. The van der Waals surface area contributed by atoms with E-state index in [9.17, 15) is 5.11 Å². The third-order valence-electron chi connectivity index (χ3n) is 6.51. The number of fused-ring (bicyclic) bond motifs is 3. The van der Waals surface area contributed by atoms with Crippen LogP contribution in [0, 0.1) is 0 Å². The molecule has 4 rings (SSSR count). The second-order valence-electron chi connectivity index (χ2n) is 9.42. The van der Waals surface area contributed by atoms with Gasteiger partial charge in [-0.3, -0.25) is 0 Å². The normalized spacial score (nSPS) is 13.1. The third-order valence-corrected chi connectivity index (χ3v) is 6.51. The predicted octanol–water partition coefficient (Wildman–Crippen LogP) is 7.12. The number of allylic oxidation sites excluding steroid dienone is 1. The van der Waals surface area contributed by atoms with Gasteiger partial charge in [-0.2, -0.15) is 0 Å². The molecule has 1 aromatic heterocycles. The molecule has 0 aliphatic carbocycles. The molecule has 0 amide bonds. The first kappa shape index (κ1) is 21.4. The van der Waals surface area contributed by atoms with E-state index in [-0.39, 0.29) is 5.41 Å². The largest absolute Gasteiger partial charge is 0.393 e. The molecule has 2 nitrogen and oxygen atoms in total. The van der Waals surface area contributed by atoms with Crippen LogP contribution in [0.15, 0.2) is 73.3 Å². The van der Waals surface area contributed by atoms with Crippen LogP contribution in [0.1, 0.15) is 50.8 Å². The lowest BCUT2D eigenvalue weighted by Gasteiger charge is -2.28. The fourth-order valence-corrected chi connectivity index (χ4v) is 4.83. The zero-order valence-corrected chi connectivity index (χ0v) is 19.2. The Labute approximate surface area is 185 Å². The Hall–Kier alpha value is -2.84. The molecule has 1 heterocycles. The second-order valence-corrected chi connectivity index (χ2v) is 9.42. The number of hydrogen-bond donors (Lipinski definition) is 1. The number of aromatic nitrogens is 1. The lowest BCUT2D eigenvalue weighted by molar-refractivity contribution is 0.139. The van der Waals surface area contributed by atoms with Crippen molar-refractivity contribution in [2.45, 2.75) is 58.6 Å². The van der Waals surface area contributed by atoms with Gasteiger partial charge in [0, 0.05) is 28.4 Å². The van der Waals surface area contributed by atoms with E-state index in [1.165, 1.54) is 32.9 Å². The van der Waals surface area contributed by atoms with Crippen LogP contribution in [0.2, 0.25) is 0 Å². The Kier molecular flexibility index (Phi) is 5.77. The molecule has 0 saturated heterocycles. The molecule has 0 fully saturated rings. The fraction of sp³-hybridized carbons (Fsp3) is 0.310. The lowest BCUT2D eigenvalue weighted by atomic mass is 9.78. The molecule has 2 heteroatoms. The van der Waals surface area contributed by atoms with Crippen molar-refractivity contribution in [3.63, 3.8) is 0 Å². The molecule has 1 N–H and O–H groups in total. The Morgan fingerprint density at radius 1 is 0.968 bits per heavy atom. The van der Waals surface area contributed by atoms with Gasteiger partial charge in [0.1, 0.15) is 0 Å². The third kappa shape index (κ3) is 4.18. The van der Waals surface area contributed by atoms with E-state index in [2.05, 4.69) is 98.6 Å². The SMILES string of the molecule is C=C(C)c1cccc(C(C)(C)CC(O)Cc2ccc3c(c2)c2ccccc2n3CC)c1. The number of aliphatic hydroxyl groups is 1. The van der Waals surface area contributed by atoms with E-state index in [1.54, 1.807) is 0 Å². The number of hydrogen-bond acceptors (Lipinski definition) is 1. The highest BCUT2D eigenvalue weighted by Gasteiger charge is 2.25. The highest BCUT2D eigenvalue weighted by molar-refractivity contribution is 6.08. The van der Waals surface area contributed by atoms with E-state index < -0.39 is 6.10 Å². The molecule has 160 valence electrons. The van der Waals surface area contributed by atoms with E-state index in [0.717, 1.165) is 17.7 Å². The Morgan fingerprint density at radius 3 is 2.45 bits per heavy atom. The number of nitrogens with zero attached hydrogens (tertiary/aromatic N) is 1. The van der Waals surface area contributed by atoms with Crippen LogP contribution in [0.3, 0.4) is 0 Å². The lowest BCUT2D eigenvalue weighted by Crippen LogP contribution is -2.26. The maximum atomic E-state index is 11.0. The summed E-state index contributed by atoms with van der Waals surface area (Å²) in [6.45, 7) is 13.7. The zero-order chi connectivity index (χ0) is 22.2. The number of para-hydroxylation sites is 1. The van der Waals surface area contributed by atoms with Gasteiger partial charge in [-0.1, -0.05) is 74.5 Å². The summed E-state index contributed by atoms with van der Waals surface area (Å²) in [5, 5.41) is 13.6. The van der Waals surface area contributed by atoms with Crippen molar-refractivity contribution in [2.75, 3.05) is 0 Å². The van der Waals surface area contributed by atoms with Crippen molar-refractivity contribution < 1.29 is 5.11 Å². The van der Waals surface area contributed by atoms with E-state index in [4.69, 9.17) is 0 Å². The molecule has 31 heavy (non-hydrogen) atoms. The molecule has 1 atom stereocenters. The highest BCUT2D eigenvalue weighted by atomic mass is 16.3. The summed E-state index contributed by atoms with van der Waals surface area (Å²) in [5.74, 6) is 0. The maximum Gasteiger partial charge on any atom is 0.0588 e. The molecular formula is C29H33NO. The predicted molar refractivity (Wildman–Crippen MR) is 134 cm³/mol. The Morgan fingerprint density at radius 2 is 1.71 bits per heavy atom. The molecule has 0 bridgehead atoms. The van der Waals surface area contributed by atoms with Gasteiger partial charge in [0.05, 0.1) is 6.10 Å². The molecule has 0 radical (unpaired) electrons.